The zero-order valence-electron chi connectivity index (χ0n) is 16.2. The maximum Gasteiger partial charge on any atom is 0.258 e. The fourth-order valence-electron chi connectivity index (χ4n) is 2.53. The third-order valence-corrected chi connectivity index (χ3v) is 6.26. The normalized spacial score (nSPS) is 12.6. The first-order valence-corrected chi connectivity index (χ1v) is 10.7. The molecule has 8 heteroatoms. The number of benzene rings is 2. The highest BCUT2D eigenvalue weighted by Gasteiger charge is 2.19. The van der Waals surface area contributed by atoms with E-state index in [4.69, 9.17) is 16.3 Å². The molecule has 2 aromatic carbocycles. The second-order valence-electron chi connectivity index (χ2n) is 6.66. The highest BCUT2D eigenvalue weighted by molar-refractivity contribution is 7.89. The monoisotopic (exact) mass is 424 g/mol. The van der Waals surface area contributed by atoms with E-state index < -0.39 is 10.0 Å². The van der Waals surface area contributed by atoms with Gasteiger partial charge in [-0.1, -0.05) is 41.9 Å². The molecule has 1 atom stereocenters. The first-order chi connectivity index (χ1) is 13.2. The third-order valence-electron chi connectivity index (χ3n) is 4.16. The smallest absolute Gasteiger partial charge is 0.258 e. The number of hydrogen-bond donors (Lipinski definition) is 1. The first-order valence-electron chi connectivity index (χ1n) is 8.88. The van der Waals surface area contributed by atoms with E-state index in [1.54, 1.807) is 0 Å². The van der Waals surface area contributed by atoms with Crippen molar-refractivity contribution in [2.24, 2.45) is 0 Å². The predicted molar refractivity (Wildman–Crippen MR) is 110 cm³/mol. The van der Waals surface area contributed by atoms with Gasteiger partial charge in [-0.15, -0.1) is 0 Å². The van der Waals surface area contributed by atoms with Crippen LogP contribution in [0.15, 0.2) is 53.4 Å². The Kier molecular flexibility index (Phi) is 7.86. The standard InChI is InChI=1S/C20H25ClN2O4S/c1-15(9-10-16-7-5-4-6-8-16)22-20(24)14-27-19-12-11-17(13-18(19)21)28(25,26)23(2)3/h4-8,11-13,15H,9-10,14H2,1-3H3,(H,22,24)/t15-/m0/s1. The Morgan fingerprint density at radius 3 is 2.46 bits per heavy atom. The second kappa shape index (κ2) is 9.91. The molecule has 0 aromatic heterocycles. The molecule has 0 radical (unpaired) electrons. The maximum absolute atomic E-state index is 12.1. The summed E-state index contributed by atoms with van der Waals surface area (Å²) >= 11 is 6.11. The Hall–Kier alpha value is -2.09. The molecule has 0 bridgehead atoms. The van der Waals surface area contributed by atoms with Crippen LogP contribution in [0.3, 0.4) is 0 Å². The van der Waals surface area contributed by atoms with Crippen molar-refractivity contribution >= 4 is 27.5 Å². The third kappa shape index (κ3) is 6.22. The summed E-state index contributed by atoms with van der Waals surface area (Å²) < 4.78 is 30.8. The van der Waals surface area contributed by atoms with E-state index in [-0.39, 0.29) is 34.2 Å². The minimum atomic E-state index is -3.58. The van der Waals surface area contributed by atoms with Crippen molar-refractivity contribution in [2.75, 3.05) is 20.7 Å². The van der Waals surface area contributed by atoms with E-state index in [0.717, 1.165) is 17.1 Å². The number of carbonyl (C=O) groups excluding carboxylic acids is 1. The molecule has 2 aromatic rings. The van der Waals surface area contributed by atoms with Gasteiger partial charge in [0.1, 0.15) is 5.75 Å². The Morgan fingerprint density at radius 1 is 1.18 bits per heavy atom. The Morgan fingerprint density at radius 2 is 1.86 bits per heavy atom. The van der Waals surface area contributed by atoms with Gasteiger partial charge >= 0.3 is 0 Å². The van der Waals surface area contributed by atoms with Crippen LogP contribution < -0.4 is 10.1 Å². The Labute approximate surface area is 171 Å². The number of halogens is 1. The van der Waals surface area contributed by atoms with Gasteiger partial charge in [-0.05, 0) is 43.5 Å². The van der Waals surface area contributed by atoms with Gasteiger partial charge in [0, 0.05) is 20.1 Å². The highest BCUT2D eigenvalue weighted by atomic mass is 35.5. The van der Waals surface area contributed by atoms with Crippen molar-refractivity contribution in [3.63, 3.8) is 0 Å². The second-order valence-corrected chi connectivity index (χ2v) is 9.22. The number of hydrogen-bond acceptors (Lipinski definition) is 4. The van der Waals surface area contributed by atoms with Crippen LogP contribution in [0.2, 0.25) is 5.02 Å². The van der Waals surface area contributed by atoms with Gasteiger partial charge in [0.05, 0.1) is 9.92 Å². The van der Waals surface area contributed by atoms with E-state index in [9.17, 15) is 13.2 Å². The van der Waals surface area contributed by atoms with Crippen molar-refractivity contribution in [1.29, 1.82) is 0 Å². The van der Waals surface area contributed by atoms with Crippen LogP contribution in [-0.4, -0.2) is 45.4 Å². The molecule has 1 amide bonds. The number of sulfonamides is 1. The molecular formula is C20H25ClN2O4S. The van der Waals surface area contributed by atoms with E-state index in [0.29, 0.717) is 0 Å². The summed E-state index contributed by atoms with van der Waals surface area (Å²) in [6.45, 7) is 1.74. The molecule has 28 heavy (non-hydrogen) atoms. The van der Waals surface area contributed by atoms with Gasteiger partial charge in [0.2, 0.25) is 10.0 Å². The molecule has 0 aliphatic carbocycles. The molecule has 0 unspecified atom stereocenters. The molecular weight excluding hydrogens is 400 g/mol. The first kappa shape index (κ1) is 22.2. The molecule has 2 rings (SSSR count). The Balaban J connectivity index is 1.85. The molecule has 0 heterocycles. The molecule has 6 nitrogen and oxygen atoms in total. The van der Waals surface area contributed by atoms with Crippen LogP contribution in [-0.2, 0) is 21.2 Å². The largest absolute Gasteiger partial charge is 0.482 e. The zero-order chi connectivity index (χ0) is 20.7. The van der Waals surface area contributed by atoms with Crippen LogP contribution in [0.5, 0.6) is 5.75 Å². The number of rotatable bonds is 9. The quantitative estimate of drug-likeness (QED) is 0.671. The minimum absolute atomic E-state index is 0.000566. The predicted octanol–water partition coefficient (Wildman–Crippen LogP) is 3.11. The fourth-order valence-corrected chi connectivity index (χ4v) is 3.76. The number of nitrogens with zero attached hydrogens (tertiary/aromatic N) is 1. The summed E-state index contributed by atoms with van der Waals surface area (Å²) in [5.41, 5.74) is 1.22. The molecule has 0 aliphatic heterocycles. The lowest BCUT2D eigenvalue weighted by Crippen LogP contribution is -2.36. The van der Waals surface area contributed by atoms with Crippen LogP contribution >= 0.6 is 11.6 Å². The van der Waals surface area contributed by atoms with Gasteiger partial charge < -0.3 is 10.1 Å². The summed E-state index contributed by atoms with van der Waals surface area (Å²) in [5.74, 6) is -0.00641. The van der Waals surface area contributed by atoms with Crippen LogP contribution in [0.25, 0.3) is 0 Å². The average Bonchev–Trinajstić information content (AvgIpc) is 2.66. The number of ether oxygens (including phenoxy) is 1. The van der Waals surface area contributed by atoms with E-state index in [2.05, 4.69) is 17.4 Å². The summed E-state index contributed by atoms with van der Waals surface area (Å²) in [6.07, 6.45) is 1.68. The maximum atomic E-state index is 12.1. The lowest BCUT2D eigenvalue weighted by Gasteiger charge is -2.15. The number of amides is 1. The molecule has 0 aliphatic rings. The number of aryl methyl sites for hydroxylation is 1. The van der Waals surface area contributed by atoms with E-state index in [1.807, 2.05) is 25.1 Å². The summed E-state index contributed by atoms with van der Waals surface area (Å²) in [4.78, 5) is 12.1. The van der Waals surface area contributed by atoms with Gasteiger partial charge in [-0.2, -0.15) is 0 Å². The van der Waals surface area contributed by atoms with Crippen molar-refractivity contribution in [3.8, 4) is 5.75 Å². The van der Waals surface area contributed by atoms with Gasteiger partial charge in [0.25, 0.3) is 5.91 Å². The molecule has 0 spiro atoms. The van der Waals surface area contributed by atoms with Crippen LogP contribution in [0, 0.1) is 0 Å². The van der Waals surface area contributed by atoms with Crippen molar-refractivity contribution in [2.45, 2.75) is 30.7 Å². The summed E-state index contributed by atoms with van der Waals surface area (Å²) in [6, 6.07) is 14.2. The molecule has 0 fully saturated rings. The summed E-state index contributed by atoms with van der Waals surface area (Å²) in [5, 5.41) is 3.01. The molecule has 0 saturated carbocycles. The zero-order valence-corrected chi connectivity index (χ0v) is 17.8. The van der Waals surface area contributed by atoms with Gasteiger partial charge in [-0.3, -0.25) is 4.79 Å². The van der Waals surface area contributed by atoms with Crippen molar-refractivity contribution in [3.05, 3.63) is 59.1 Å². The lowest BCUT2D eigenvalue weighted by atomic mass is 10.1. The fraction of sp³-hybridized carbons (Fsp3) is 0.350. The molecule has 1 N–H and O–H groups in total. The minimum Gasteiger partial charge on any atom is -0.482 e. The lowest BCUT2D eigenvalue weighted by molar-refractivity contribution is -0.123. The van der Waals surface area contributed by atoms with Gasteiger partial charge in [-0.25, -0.2) is 12.7 Å². The molecule has 152 valence electrons. The van der Waals surface area contributed by atoms with Crippen LogP contribution in [0.4, 0.5) is 0 Å². The van der Waals surface area contributed by atoms with Crippen LogP contribution in [0.1, 0.15) is 18.9 Å². The summed E-state index contributed by atoms with van der Waals surface area (Å²) in [7, 11) is -0.696. The Bertz CT molecular complexity index is 902. The SMILES string of the molecule is C[C@@H](CCc1ccccc1)NC(=O)COc1ccc(S(=O)(=O)N(C)C)cc1Cl. The van der Waals surface area contributed by atoms with Crippen molar-refractivity contribution < 1.29 is 17.9 Å². The topological polar surface area (TPSA) is 75.7 Å². The van der Waals surface area contributed by atoms with Crippen molar-refractivity contribution in [1.82, 2.24) is 9.62 Å². The molecule has 0 saturated heterocycles. The average molecular weight is 425 g/mol. The number of carbonyl (C=O) groups is 1. The van der Waals surface area contributed by atoms with Gasteiger partial charge in [0.15, 0.2) is 6.61 Å². The van der Waals surface area contributed by atoms with E-state index in [1.165, 1.54) is 37.9 Å². The number of nitrogens with one attached hydrogen (secondary N) is 1. The van der Waals surface area contributed by atoms with E-state index >= 15 is 0 Å². The highest BCUT2D eigenvalue weighted by Crippen LogP contribution is 2.28.